The molecule has 1 atom stereocenters. The summed E-state index contributed by atoms with van der Waals surface area (Å²) in [5.74, 6) is -1.01. The number of carbonyl (C=O) groups is 1. The van der Waals surface area contributed by atoms with Crippen LogP contribution in [0.25, 0.3) is 11.3 Å². The lowest BCUT2D eigenvalue weighted by atomic mass is 10.0. The second kappa shape index (κ2) is 12.6. The van der Waals surface area contributed by atoms with Crippen LogP contribution in [-0.4, -0.2) is 43.2 Å². The molecule has 0 fully saturated rings. The predicted molar refractivity (Wildman–Crippen MR) is 145 cm³/mol. The minimum absolute atomic E-state index is 0.0876. The highest BCUT2D eigenvalue weighted by atomic mass is 16.4. The standard InChI is InChI=1S/C30H31N5O2/c1-22(2)29(30(36)37)33-18-23-9-7-10-24(17-23)28-14-8-13-27(34-28)21-35(19-25-11-3-5-15-31-25)20-26-12-4-6-16-32-26/h3-18,22,29H,19-21H2,1-2H3,(H,36,37)/t29-/m0/s1. The van der Waals surface area contributed by atoms with Crippen LogP contribution in [0.2, 0.25) is 0 Å². The van der Waals surface area contributed by atoms with Gasteiger partial charge in [-0.05, 0) is 53.9 Å². The Morgan fingerprint density at radius 1 is 0.865 bits per heavy atom. The molecule has 1 N–H and O–H groups in total. The molecule has 0 aliphatic carbocycles. The zero-order valence-electron chi connectivity index (χ0n) is 21.1. The zero-order valence-corrected chi connectivity index (χ0v) is 21.1. The van der Waals surface area contributed by atoms with E-state index in [2.05, 4.69) is 19.9 Å². The molecule has 0 bridgehead atoms. The van der Waals surface area contributed by atoms with Gasteiger partial charge in [-0.2, -0.15) is 0 Å². The van der Waals surface area contributed by atoms with Crippen LogP contribution >= 0.6 is 0 Å². The molecule has 0 saturated carbocycles. The number of aliphatic imine (C=N–C) groups is 1. The zero-order chi connectivity index (χ0) is 26.0. The first kappa shape index (κ1) is 25.9. The number of hydrogen-bond donors (Lipinski definition) is 1. The largest absolute Gasteiger partial charge is 0.480 e. The van der Waals surface area contributed by atoms with Gasteiger partial charge in [0.25, 0.3) is 0 Å². The maximum Gasteiger partial charge on any atom is 0.328 e. The van der Waals surface area contributed by atoms with Crippen molar-refractivity contribution in [3.8, 4) is 11.3 Å². The third kappa shape index (κ3) is 7.62. The van der Waals surface area contributed by atoms with Crippen LogP contribution in [0.15, 0.2) is 96.2 Å². The summed E-state index contributed by atoms with van der Waals surface area (Å²) in [6.07, 6.45) is 5.25. The molecule has 4 rings (SSSR count). The first-order chi connectivity index (χ1) is 18.0. The van der Waals surface area contributed by atoms with Crippen LogP contribution in [0.3, 0.4) is 0 Å². The lowest BCUT2D eigenvalue weighted by Crippen LogP contribution is -2.24. The molecule has 0 amide bonds. The number of carboxylic acid groups (broad SMARTS) is 1. The minimum atomic E-state index is -0.919. The molecule has 4 aromatic rings. The molecule has 3 heterocycles. The van der Waals surface area contributed by atoms with Crippen molar-refractivity contribution in [1.82, 2.24) is 19.9 Å². The van der Waals surface area contributed by atoms with E-state index in [0.717, 1.165) is 33.9 Å². The van der Waals surface area contributed by atoms with Gasteiger partial charge in [-0.25, -0.2) is 4.79 Å². The van der Waals surface area contributed by atoms with Gasteiger partial charge in [0.15, 0.2) is 0 Å². The molecule has 37 heavy (non-hydrogen) atoms. The van der Waals surface area contributed by atoms with Crippen molar-refractivity contribution in [1.29, 1.82) is 0 Å². The van der Waals surface area contributed by atoms with Gasteiger partial charge in [0.2, 0.25) is 0 Å². The van der Waals surface area contributed by atoms with Crippen molar-refractivity contribution in [3.63, 3.8) is 0 Å². The average molecular weight is 494 g/mol. The fraction of sp³-hybridized carbons (Fsp3) is 0.233. The van der Waals surface area contributed by atoms with Crippen molar-refractivity contribution in [2.45, 2.75) is 39.5 Å². The second-order valence-corrected chi connectivity index (χ2v) is 9.23. The van der Waals surface area contributed by atoms with E-state index in [1.54, 1.807) is 6.21 Å². The molecule has 0 spiro atoms. The van der Waals surface area contributed by atoms with Gasteiger partial charge >= 0.3 is 5.97 Å². The smallest absolute Gasteiger partial charge is 0.328 e. The SMILES string of the molecule is CC(C)[C@H](N=Cc1cccc(-c2cccc(CN(Cc3ccccn3)Cc3ccccn3)n2)c1)C(=O)O. The van der Waals surface area contributed by atoms with E-state index in [0.29, 0.717) is 19.6 Å². The molecule has 0 unspecified atom stereocenters. The highest BCUT2D eigenvalue weighted by molar-refractivity contribution is 5.85. The number of benzene rings is 1. The molecule has 1 aromatic carbocycles. The number of nitrogens with zero attached hydrogens (tertiary/aromatic N) is 5. The van der Waals surface area contributed by atoms with Gasteiger partial charge < -0.3 is 5.11 Å². The van der Waals surface area contributed by atoms with Crippen LogP contribution in [0.4, 0.5) is 0 Å². The lowest BCUT2D eigenvalue weighted by molar-refractivity contribution is -0.139. The van der Waals surface area contributed by atoms with E-state index in [1.165, 1.54) is 0 Å². The first-order valence-electron chi connectivity index (χ1n) is 12.3. The first-order valence-corrected chi connectivity index (χ1v) is 12.3. The number of aliphatic carboxylic acids is 1. The highest BCUT2D eigenvalue weighted by Gasteiger charge is 2.19. The fourth-order valence-corrected chi connectivity index (χ4v) is 4.03. The minimum Gasteiger partial charge on any atom is -0.480 e. The maximum absolute atomic E-state index is 11.5. The molecular weight excluding hydrogens is 462 g/mol. The summed E-state index contributed by atoms with van der Waals surface area (Å²) in [5, 5.41) is 9.41. The van der Waals surface area contributed by atoms with Crippen LogP contribution in [0.1, 0.15) is 36.5 Å². The molecule has 7 heteroatoms. The Morgan fingerprint density at radius 3 is 2.08 bits per heavy atom. The Morgan fingerprint density at radius 2 is 1.49 bits per heavy atom. The topological polar surface area (TPSA) is 91.6 Å². The molecule has 7 nitrogen and oxygen atoms in total. The van der Waals surface area contributed by atoms with Gasteiger partial charge in [-0.3, -0.25) is 24.8 Å². The normalized spacial score (nSPS) is 12.3. The van der Waals surface area contributed by atoms with Gasteiger partial charge in [0, 0.05) is 43.8 Å². The van der Waals surface area contributed by atoms with Crippen LogP contribution in [-0.2, 0) is 24.4 Å². The van der Waals surface area contributed by atoms with E-state index in [9.17, 15) is 9.90 Å². The van der Waals surface area contributed by atoms with Crippen LogP contribution < -0.4 is 0 Å². The summed E-state index contributed by atoms with van der Waals surface area (Å²) >= 11 is 0. The van der Waals surface area contributed by atoms with Crippen molar-refractivity contribution < 1.29 is 9.90 Å². The second-order valence-electron chi connectivity index (χ2n) is 9.23. The number of aromatic nitrogens is 3. The van der Waals surface area contributed by atoms with Crippen molar-refractivity contribution in [2.75, 3.05) is 0 Å². The fourth-order valence-electron chi connectivity index (χ4n) is 4.03. The van der Waals surface area contributed by atoms with Gasteiger partial charge in [-0.1, -0.05) is 50.2 Å². The predicted octanol–water partition coefficient (Wildman–Crippen LogP) is 5.27. The molecule has 188 valence electrons. The molecular formula is C30H31N5O2. The van der Waals surface area contributed by atoms with E-state index in [1.807, 2.05) is 105 Å². The van der Waals surface area contributed by atoms with Gasteiger partial charge in [0.05, 0.1) is 22.8 Å². The Hall–Kier alpha value is -4.23. The summed E-state index contributed by atoms with van der Waals surface area (Å²) in [5.41, 5.74) is 5.55. The number of carboxylic acids is 1. The van der Waals surface area contributed by atoms with Gasteiger partial charge in [-0.15, -0.1) is 0 Å². The van der Waals surface area contributed by atoms with Crippen molar-refractivity contribution in [2.24, 2.45) is 10.9 Å². The Balaban J connectivity index is 1.54. The number of pyridine rings is 3. The molecule has 0 aliphatic heterocycles. The highest BCUT2D eigenvalue weighted by Crippen LogP contribution is 2.20. The average Bonchev–Trinajstić information content (AvgIpc) is 2.90. The maximum atomic E-state index is 11.5. The van der Waals surface area contributed by atoms with Crippen LogP contribution in [0.5, 0.6) is 0 Å². The summed E-state index contributed by atoms with van der Waals surface area (Å²) < 4.78 is 0. The third-order valence-electron chi connectivity index (χ3n) is 5.87. The summed E-state index contributed by atoms with van der Waals surface area (Å²) in [6, 6.07) is 25.0. The van der Waals surface area contributed by atoms with E-state index >= 15 is 0 Å². The van der Waals surface area contributed by atoms with Crippen LogP contribution in [0, 0.1) is 5.92 Å². The molecule has 3 aromatic heterocycles. The molecule has 0 radical (unpaired) electrons. The lowest BCUT2D eigenvalue weighted by Gasteiger charge is -2.21. The van der Waals surface area contributed by atoms with E-state index < -0.39 is 12.0 Å². The third-order valence-corrected chi connectivity index (χ3v) is 5.87. The molecule has 0 aliphatic rings. The summed E-state index contributed by atoms with van der Waals surface area (Å²) in [4.78, 5) is 32.0. The Kier molecular flexibility index (Phi) is 8.84. The van der Waals surface area contributed by atoms with E-state index in [-0.39, 0.29) is 5.92 Å². The summed E-state index contributed by atoms with van der Waals surface area (Å²) in [7, 11) is 0. The summed E-state index contributed by atoms with van der Waals surface area (Å²) in [6.45, 7) is 5.70. The Bertz CT molecular complexity index is 1280. The van der Waals surface area contributed by atoms with Crippen molar-refractivity contribution in [3.05, 3.63) is 114 Å². The van der Waals surface area contributed by atoms with E-state index in [4.69, 9.17) is 4.98 Å². The number of rotatable bonds is 11. The van der Waals surface area contributed by atoms with Gasteiger partial charge in [0.1, 0.15) is 6.04 Å². The Labute approximate surface area is 217 Å². The quantitative estimate of drug-likeness (QED) is 0.286. The van der Waals surface area contributed by atoms with Crippen molar-refractivity contribution >= 4 is 12.2 Å². The molecule has 0 saturated heterocycles. The number of hydrogen-bond acceptors (Lipinski definition) is 6. The monoisotopic (exact) mass is 493 g/mol.